The molecule has 0 aromatic rings. The van der Waals surface area contributed by atoms with Gasteiger partial charge in [0.2, 0.25) is 0 Å². The lowest BCUT2D eigenvalue weighted by molar-refractivity contribution is -0.129. The van der Waals surface area contributed by atoms with Crippen LogP contribution in [0, 0.1) is 16.7 Å². The van der Waals surface area contributed by atoms with Gasteiger partial charge in [-0.05, 0) is 30.6 Å². The van der Waals surface area contributed by atoms with Crippen molar-refractivity contribution in [2.75, 3.05) is 0 Å². The van der Waals surface area contributed by atoms with E-state index in [-0.39, 0.29) is 5.41 Å². The van der Waals surface area contributed by atoms with E-state index in [0.29, 0.717) is 17.1 Å². The quantitative estimate of drug-likeness (QED) is 0.585. The van der Waals surface area contributed by atoms with Crippen LogP contribution in [0.25, 0.3) is 0 Å². The summed E-state index contributed by atoms with van der Waals surface area (Å²) in [4.78, 5) is 11.8. The van der Waals surface area contributed by atoms with Crippen molar-refractivity contribution < 1.29 is 4.79 Å². The summed E-state index contributed by atoms with van der Waals surface area (Å²) in [5.74, 6) is 1.23. The molecule has 0 spiro atoms. The minimum Gasteiger partial charge on any atom is -0.299 e. The van der Waals surface area contributed by atoms with Gasteiger partial charge in [0.05, 0.1) is 0 Å². The predicted octanol–water partition coefficient (Wildman–Crippen LogP) is 2.79. The van der Waals surface area contributed by atoms with Crippen molar-refractivity contribution in [3.63, 3.8) is 0 Å². The Balaban J connectivity index is 2.46. The summed E-state index contributed by atoms with van der Waals surface area (Å²) in [5, 5.41) is 0. The molecular formula is C11H18O. The first kappa shape index (κ1) is 8.28. The summed E-state index contributed by atoms with van der Waals surface area (Å²) in [6.07, 6.45) is 4.35. The number of carbonyl (C=O) groups excluding carboxylic acids is 1. The number of carbonyl (C=O) groups is 1. The number of fused-ring (bicyclic) bond motifs is 2. The summed E-state index contributed by atoms with van der Waals surface area (Å²) in [6.45, 7) is 6.76. The molecule has 12 heavy (non-hydrogen) atoms. The molecule has 1 heteroatoms. The van der Waals surface area contributed by atoms with Crippen LogP contribution in [0.15, 0.2) is 0 Å². The Morgan fingerprint density at radius 2 is 2.17 bits per heavy atom. The number of rotatable bonds is 1. The van der Waals surface area contributed by atoms with E-state index >= 15 is 0 Å². The molecular weight excluding hydrogens is 148 g/mol. The lowest BCUT2D eigenvalue weighted by Crippen LogP contribution is -2.34. The second-order valence-electron chi connectivity index (χ2n) is 5.02. The Hall–Kier alpha value is -0.330. The van der Waals surface area contributed by atoms with Gasteiger partial charge in [-0.1, -0.05) is 20.8 Å². The molecule has 2 bridgehead atoms. The van der Waals surface area contributed by atoms with Gasteiger partial charge in [-0.15, -0.1) is 0 Å². The van der Waals surface area contributed by atoms with Crippen LogP contribution in [0.1, 0.15) is 46.5 Å². The van der Waals surface area contributed by atoms with Crippen molar-refractivity contribution in [2.45, 2.75) is 46.5 Å². The molecule has 1 unspecified atom stereocenters. The fourth-order valence-electron chi connectivity index (χ4n) is 3.60. The first-order chi connectivity index (χ1) is 5.54. The Bertz CT molecular complexity index is 229. The molecule has 0 aliphatic heterocycles. The third-order valence-electron chi connectivity index (χ3n) is 4.74. The van der Waals surface area contributed by atoms with Crippen LogP contribution in [0.2, 0.25) is 0 Å². The second kappa shape index (κ2) is 2.12. The molecule has 0 amide bonds. The average Bonchev–Trinajstić information content (AvgIpc) is 2.36. The highest BCUT2D eigenvalue weighted by molar-refractivity contribution is 5.89. The number of ketones is 1. The van der Waals surface area contributed by atoms with Gasteiger partial charge in [0.25, 0.3) is 0 Å². The Kier molecular flexibility index (Phi) is 1.47. The van der Waals surface area contributed by atoms with E-state index in [4.69, 9.17) is 0 Å². The monoisotopic (exact) mass is 166 g/mol. The first-order valence-electron chi connectivity index (χ1n) is 5.08. The molecule has 68 valence electrons. The number of hydrogen-bond acceptors (Lipinski definition) is 1. The lowest BCUT2D eigenvalue weighted by atomic mass is 9.67. The summed E-state index contributed by atoms with van der Waals surface area (Å²) >= 11 is 0. The number of hydrogen-bond donors (Lipinski definition) is 0. The van der Waals surface area contributed by atoms with Crippen LogP contribution in [-0.2, 0) is 4.79 Å². The van der Waals surface area contributed by atoms with Crippen molar-refractivity contribution >= 4 is 5.78 Å². The van der Waals surface area contributed by atoms with Crippen molar-refractivity contribution in [1.82, 2.24) is 0 Å². The predicted molar refractivity (Wildman–Crippen MR) is 48.9 cm³/mol. The van der Waals surface area contributed by atoms with E-state index in [1.54, 1.807) is 0 Å². The molecule has 0 heterocycles. The van der Waals surface area contributed by atoms with Crippen LogP contribution in [0.3, 0.4) is 0 Å². The molecule has 0 radical (unpaired) electrons. The summed E-state index contributed by atoms with van der Waals surface area (Å²) < 4.78 is 0. The summed E-state index contributed by atoms with van der Waals surface area (Å²) in [6, 6.07) is 0. The van der Waals surface area contributed by atoms with E-state index < -0.39 is 0 Å². The Labute approximate surface area is 74.5 Å². The van der Waals surface area contributed by atoms with Gasteiger partial charge in [0, 0.05) is 11.8 Å². The van der Waals surface area contributed by atoms with Gasteiger partial charge in [0.15, 0.2) is 0 Å². The first-order valence-corrected chi connectivity index (χ1v) is 5.08. The molecule has 2 aliphatic carbocycles. The molecule has 0 aromatic carbocycles. The fraction of sp³-hybridized carbons (Fsp3) is 0.909. The maximum Gasteiger partial charge on any atom is 0.139 e. The van der Waals surface area contributed by atoms with E-state index in [9.17, 15) is 4.79 Å². The molecule has 2 saturated carbocycles. The molecule has 0 saturated heterocycles. The van der Waals surface area contributed by atoms with Crippen LogP contribution in [-0.4, -0.2) is 5.78 Å². The van der Waals surface area contributed by atoms with Gasteiger partial charge < -0.3 is 0 Å². The summed E-state index contributed by atoms with van der Waals surface area (Å²) in [7, 11) is 0. The van der Waals surface area contributed by atoms with Crippen LogP contribution >= 0.6 is 0 Å². The maximum absolute atomic E-state index is 11.8. The minimum atomic E-state index is 0.0671. The molecule has 2 aliphatic rings. The van der Waals surface area contributed by atoms with Crippen molar-refractivity contribution in [2.24, 2.45) is 16.7 Å². The molecule has 0 aromatic heterocycles. The van der Waals surface area contributed by atoms with E-state index in [2.05, 4.69) is 20.8 Å². The van der Waals surface area contributed by atoms with Crippen molar-refractivity contribution in [1.29, 1.82) is 0 Å². The highest BCUT2D eigenvalue weighted by Gasteiger charge is 2.62. The molecule has 2 rings (SSSR count). The fourth-order valence-corrected chi connectivity index (χ4v) is 3.60. The van der Waals surface area contributed by atoms with Gasteiger partial charge in [-0.25, -0.2) is 0 Å². The second-order valence-corrected chi connectivity index (χ2v) is 5.02. The zero-order valence-electron chi connectivity index (χ0n) is 8.31. The van der Waals surface area contributed by atoms with Gasteiger partial charge in [-0.3, -0.25) is 4.79 Å². The van der Waals surface area contributed by atoms with Crippen molar-refractivity contribution in [3.05, 3.63) is 0 Å². The van der Waals surface area contributed by atoms with Crippen LogP contribution < -0.4 is 0 Å². The van der Waals surface area contributed by atoms with Crippen LogP contribution in [0.5, 0.6) is 0 Å². The van der Waals surface area contributed by atoms with E-state index in [1.165, 1.54) is 6.42 Å². The molecule has 1 nitrogen and oxygen atoms in total. The Morgan fingerprint density at radius 3 is 2.42 bits per heavy atom. The standard InChI is InChI=1S/C11H18O/c1-4-11-6-5-8(7-9(11)12)10(11,2)3/h8H,4-7H2,1-3H3/t8-,11?/m0/s1. The third kappa shape index (κ3) is 0.641. The zero-order valence-corrected chi connectivity index (χ0v) is 8.31. The smallest absolute Gasteiger partial charge is 0.139 e. The van der Waals surface area contributed by atoms with E-state index in [0.717, 1.165) is 19.3 Å². The van der Waals surface area contributed by atoms with Crippen LogP contribution in [0.4, 0.5) is 0 Å². The molecule has 2 fully saturated rings. The normalized spacial score (nSPS) is 43.9. The van der Waals surface area contributed by atoms with E-state index in [1.807, 2.05) is 0 Å². The summed E-state index contributed by atoms with van der Waals surface area (Å²) in [5.41, 5.74) is 0.358. The Morgan fingerprint density at radius 1 is 1.50 bits per heavy atom. The van der Waals surface area contributed by atoms with Gasteiger partial charge >= 0.3 is 0 Å². The molecule has 2 atom stereocenters. The zero-order chi connectivity index (χ0) is 8.98. The third-order valence-corrected chi connectivity index (χ3v) is 4.74. The van der Waals surface area contributed by atoms with Gasteiger partial charge in [0.1, 0.15) is 5.78 Å². The average molecular weight is 166 g/mol. The highest BCUT2D eigenvalue weighted by Crippen LogP contribution is 2.65. The number of Topliss-reactive ketones (excluding diaryl/α,β-unsaturated/α-hetero) is 1. The highest BCUT2D eigenvalue weighted by atomic mass is 16.1. The molecule has 0 N–H and O–H groups in total. The van der Waals surface area contributed by atoms with Gasteiger partial charge in [-0.2, -0.15) is 0 Å². The lowest BCUT2D eigenvalue weighted by Gasteiger charge is -2.35. The SMILES string of the molecule is CCC12CC[C@@H](CC1=O)C2(C)C. The minimum absolute atomic E-state index is 0.0671. The van der Waals surface area contributed by atoms with Crippen molar-refractivity contribution in [3.8, 4) is 0 Å². The largest absolute Gasteiger partial charge is 0.299 e. The maximum atomic E-state index is 11.8. The topological polar surface area (TPSA) is 17.1 Å².